The van der Waals surface area contributed by atoms with Crippen LogP contribution in [0.25, 0.3) is 0 Å². The highest BCUT2D eigenvalue weighted by molar-refractivity contribution is 6.30. The van der Waals surface area contributed by atoms with Gasteiger partial charge in [-0.2, -0.15) is 5.10 Å². The summed E-state index contributed by atoms with van der Waals surface area (Å²) in [6.45, 7) is 9.81. The molecule has 4 nitrogen and oxygen atoms in total. The third-order valence-corrected chi connectivity index (χ3v) is 4.59. The van der Waals surface area contributed by atoms with Gasteiger partial charge in [-0.3, -0.25) is 9.58 Å². The Hall–Kier alpha value is -0.580. The van der Waals surface area contributed by atoms with Crippen molar-refractivity contribution in [1.29, 1.82) is 0 Å². The number of rotatable bonds is 6. The van der Waals surface area contributed by atoms with Gasteiger partial charge in [0.15, 0.2) is 0 Å². The van der Waals surface area contributed by atoms with E-state index in [1.165, 1.54) is 37.9 Å². The van der Waals surface area contributed by atoms with E-state index in [0.29, 0.717) is 0 Å². The Kier molecular flexibility index (Phi) is 5.87. The van der Waals surface area contributed by atoms with Crippen LogP contribution in [-0.2, 0) is 13.6 Å². The lowest BCUT2D eigenvalue weighted by Crippen LogP contribution is -2.39. The minimum Gasteiger partial charge on any atom is -0.316 e. The van der Waals surface area contributed by atoms with E-state index in [4.69, 9.17) is 11.6 Å². The molecule has 114 valence electrons. The first kappa shape index (κ1) is 15.8. The molecule has 1 aromatic rings. The monoisotopic (exact) mass is 298 g/mol. The predicted molar refractivity (Wildman–Crippen MR) is 84.1 cm³/mol. The Morgan fingerprint density at radius 3 is 2.90 bits per heavy atom. The molecule has 1 aliphatic rings. The first-order chi connectivity index (χ1) is 9.61. The van der Waals surface area contributed by atoms with Crippen LogP contribution in [0.2, 0.25) is 5.15 Å². The van der Waals surface area contributed by atoms with Crippen LogP contribution in [0, 0.1) is 12.8 Å². The van der Waals surface area contributed by atoms with E-state index in [0.717, 1.165) is 36.4 Å². The van der Waals surface area contributed by atoms with Gasteiger partial charge in [-0.15, -0.1) is 0 Å². The van der Waals surface area contributed by atoms with E-state index in [-0.39, 0.29) is 0 Å². The van der Waals surface area contributed by atoms with Crippen molar-refractivity contribution in [3.63, 3.8) is 0 Å². The molecule has 2 heterocycles. The van der Waals surface area contributed by atoms with Crippen LogP contribution in [-0.4, -0.2) is 40.9 Å². The summed E-state index contributed by atoms with van der Waals surface area (Å²) in [5, 5.41) is 8.73. The maximum Gasteiger partial charge on any atom is 0.131 e. The molecule has 1 aromatic heterocycles. The van der Waals surface area contributed by atoms with E-state index < -0.39 is 0 Å². The van der Waals surface area contributed by atoms with Crippen LogP contribution in [0.3, 0.4) is 0 Å². The molecule has 1 fully saturated rings. The van der Waals surface area contributed by atoms with Crippen LogP contribution in [0.5, 0.6) is 0 Å². The molecule has 1 atom stereocenters. The first-order valence-electron chi connectivity index (χ1n) is 7.72. The van der Waals surface area contributed by atoms with Gasteiger partial charge in [-0.1, -0.05) is 18.5 Å². The van der Waals surface area contributed by atoms with Gasteiger partial charge in [0.05, 0.1) is 5.69 Å². The van der Waals surface area contributed by atoms with Crippen LogP contribution in [0.4, 0.5) is 0 Å². The van der Waals surface area contributed by atoms with Gasteiger partial charge in [-0.25, -0.2) is 0 Å². The van der Waals surface area contributed by atoms with Crippen molar-refractivity contribution in [3.8, 4) is 0 Å². The van der Waals surface area contributed by atoms with Crippen molar-refractivity contribution in [1.82, 2.24) is 20.0 Å². The first-order valence-corrected chi connectivity index (χ1v) is 8.10. The largest absolute Gasteiger partial charge is 0.316 e. The maximum absolute atomic E-state index is 6.33. The van der Waals surface area contributed by atoms with Crippen LogP contribution in [0.1, 0.15) is 37.4 Å². The number of hydrogen-bond donors (Lipinski definition) is 1. The summed E-state index contributed by atoms with van der Waals surface area (Å²) in [7, 11) is 1.91. The molecule has 0 spiro atoms. The van der Waals surface area contributed by atoms with E-state index >= 15 is 0 Å². The molecule has 0 aliphatic carbocycles. The van der Waals surface area contributed by atoms with E-state index in [1.54, 1.807) is 4.68 Å². The second-order valence-corrected chi connectivity index (χ2v) is 6.28. The van der Waals surface area contributed by atoms with E-state index in [1.807, 2.05) is 14.0 Å². The lowest BCUT2D eigenvalue weighted by Gasteiger charge is -2.32. The standard InChI is InChI=1S/C15H27ClN4/c1-4-7-17-9-13-6-5-8-20(10-13)11-14-12(2)18-19(3)15(14)16/h13,17H,4-11H2,1-3H3. The number of nitrogens with zero attached hydrogens (tertiary/aromatic N) is 3. The molecular formula is C15H27ClN4. The van der Waals surface area contributed by atoms with Crippen molar-refractivity contribution >= 4 is 11.6 Å². The molecule has 1 aliphatic heterocycles. The van der Waals surface area contributed by atoms with Crippen molar-refractivity contribution in [2.75, 3.05) is 26.2 Å². The molecule has 20 heavy (non-hydrogen) atoms. The Morgan fingerprint density at radius 1 is 1.45 bits per heavy atom. The third kappa shape index (κ3) is 3.96. The number of likely N-dealkylation sites (tertiary alicyclic amines) is 1. The van der Waals surface area contributed by atoms with E-state index in [2.05, 4.69) is 22.2 Å². The molecule has 5 heteroatoms. The fourth-order valence-corrected chi connectivity index (χ4v) is 3.26. The van der Waals surface area contributed by atoms with Crippen molar-refractivity contribution in [2.45, 2.75) is 39.7 Å². The summed E-state index contributed by atoms with van der Waals surface area (Å²) in [5.41, 5.74) is 2.25. The summed E-state index contributed by atoms with van der Waals surface area (Å²) in [6.07, 6.45) is 3.84. The summed E-state index contributed by atoms with van der Waals surface area (Å²) >= 11 is 6.33. The fourth-order valence-electron chi connectivity index (χ4n) is 3.02. The van der Waals surface area contributed by atoms with E-state index in [9.17, 15) is 0 Å². The summed E-state index contributed by atoms with van der Waals surface area (Å²) < 4.78 is 1.77. The average molecular weight is 299 g/mol. The van der Waals surface area contributed by atoms with Crippen LogP contribution < -0.4 is 5.32 Å². The Bertz CT molecular complexity index is 430. The second-order valence-electron chi connectivity index (χ2n) is 5.93. The van der Waals surface area contributed by atoms with Gasteiger partial charge in [-0.05, 0) is 51.7 Å². The highest BCUT2D eigenvalue weighted by Gasteiger charge is 2.22. The minimum absolute atomic E-state index is 0.769. The summed E-state index contributed by atoms with van der Waals surface area (Å²) in [4.78, 5) is 2.53. The SMILES string of the molecule is CCCNCC1CCCN(Cc2c(C)nn(C)c2Cl)C1. The van der Waals surface area contributed by atoms with Crippen molar-refractivity contribution < 1.29 is 0 Å². The molecule has 0 saturated carbocycles. The lowest BCUT2D eigenvalue weighted by molar-refractivity contribution is 0.165. The second kappa shape index (κ2) is 7.43. The van der Waals surface area contributed by atoms with Gasteiger partial charge >= 0.3 is 0 Å². The minimum atomic E-state index is 0.769. The Balaban J connectivity index is 1.89. The zero-order chi connectivity index (χ0) is 14.5. The number of hydrogen-bond acceptors (Lipinski definition) is 3. The highest BCUT2D eigenvalue weighted by atomic mass is 35.5. The predicted octanol–water partition coefficient (Wildman–Crippen LogP) is 2.59. The maximum atomic E-state index is 6.33. The molecule has 1 saturated heterocycles. The van der Waals surface area contributed by atoms with Crippen LogP contribution in [0.15, 0.2) is 0 Å². The lowest BCUT2D eigenvalue weighted by atomic mass is 9.97. The molecule has 1 unspecified atom stereocenters. The Labute approximate surface area is 127 Å². The smallest absolute Gasteiger partial charge is 0.131 e. The topological polar surface area (TPSA) is 33.1 Å². The fraction of sp³-hybridized carbons (Fsp3) is 0.800. The van der Waals surface area contributed by atoms with Gasteiger partial charge in [0.25, 0.3) is 0 Å². The molecule has 0 bridgehead atoms. The van der Waals surface area contributed by atoms with Gasteiger partial charge in [0.1, 0.15) is 5.15 Å². The Morgan fingerprint density at radius 2 is 2.25 bits per heavy atom. The number of nitrogens with one attached hydrogen (secondary N) is 1. The molecule has 0 amide bonds. The number of aryl methyl sites for hydroxylation is 2. The molecular weight excluding hydrogens is 272 g/mol. The van der Waals surface area contributed by atoms with Crippen molar-refractivity contribution in [3.05, 3.63) is 16.4 Å². The molecule has 1 N–H and O–H groups in total. The molecule has 0 radical (unpaired) electrons. The highest BCUT2D eigenvalue weighted by Crippen LogP contribution is 2.23. The van der Waals surface area contributed by atoms with Gasteiger partial charge < -0.3 is 5.32 Å². The zero-order valence-electron chi connectivity index (χ0n) is 13.0. The number of piperidine rings is 1. The summed E-state index contributed by atoms with van der Waals surface area (Å²) in [5.74, 6) is 0.769. The van der Waals surface area contributed by atoms with Gasteiger partial charge in [0, 0.05) is 25.7 Å². The zero-order valence-corrected chi connectivity index (χ0v) is 13.7. The quantitative estimate of drug-likeness (QED) is 0.820. The van der Waals surface area contributed by atoms with Crippen molar-refractivity contribution in [2.24, 2.45) is 13.0 Å². The number of aromatic nitrogens is 2. The average Bonchev–Trinajstić information content (AvgIpc) is 2.66. The van der Waals surface area contributed by atoms with Gasteiger partial charge in [0.2, 0.25) is 0 Å². The normalized spacial score (nSPS) is 20.5. The molecule has 0 aromatic carbocycles. The summed E-state index contributed by atoms with van der Waals surface area (Å²) in [6, 6.07) is 0. The molecule has 2 rings (SSSR count). The number of halogens is 1. The van der Waals surface area contributed by atoms with Crippen LogP contribution >= 0.6 is 11.6 Å². The third-order valence-electron chi connectivity index (χ3n) is 4.11.